The number of imide groups is 1. The molecule has 7 amide bonds. The van der Waals surface area contributed by atoms with E-state index >= 15 is 28.8 Å². The Labute approximate surface area is 673 Å². The van der Waals surface area contributed by atoms with Gasteiger partial charge in [-0.1, -0.05) is 94.1 Å². The number of carbonyl (C=O) groups is 9. The zero-order valence-corrected chi connectivity index (χ0v) is 65.4. The van der Waals surface area contributed by atoms with Crippen LogP contribution in [-0.2, 0) is 49.5 Å². The molecule has 4 aliphatic carbocycles. The van der Waals surface area contributed by atoms with Crippen LogP contribution in [-0.4, -0.2) is 143 Å². The molecular weight excluding hydrogens is 1530 g/mol. The molecule has 16 N–H and O–H groups in total. The lowest BCUT2D eigenvalue weighted by Gasteiger charge is -2.54. The van der Waals surface area contributed by atoms with Crippen LogP contribution in [0.3, 0.4) is 0 Å². The Morgan fingerprint density at radius 3 is 1.90 bits per heavy atom. The largest absolute Gasteiger partial charge is 0.508 e. The Bertz CT molecular complexity index is 4710. The fourth-order valence-electron chi connectivity index (χ4n) is 17.9. The van der Waals surface area contributed by atoms with Gasteiger partial charge in [-0.05, 0) is 193 Å². The maximum Gasteiger partial charge on any atom is 0.325 e. The van der Waals surface area contributed by atoms with E-state index in [1.165, 1.54) is 48.5 Å². The first kappa shape index (κ1) is 83.2. The number of hydrogen-bond acceptors (Lipinski definition) is 22. The van der Waals surface area contributed by atoms with Crippen molar-refractivity contribution in [3.63, 3.8) is 0 Å². The Morgan fingerprint density at radius 1 is 0.643 bits per heavy atom. The summed E-state index contributed by atoms with van der Waals surface area (Å²) in [5.41, 5.74) is 5.80. The van der Waals surface area contributed by atoms with E-state index in [4.69, 9.17) is 47.9 Å². The number of aryl methyl sites for hydroxylation is 1. The third kappa shape index (κ3) is 18.3. The van der Waals surface area contributed by atoms with Gasteiger partial charge in [-0.2, -0.15) is 0 Å². The second-order valence-electron chi connectivity index (χ2n) is 32.2. The van der Waals surface area contributed by atoms with Gasteiger partial charge in [0.05, 0.1) is 21.9 Å². The van der Waals surface area contributed by atoms with Gasteiger partial charge in [0.2, 0.25) is 41.6 Å². The van der Waals surface area contributed by atoms with Crippen LogP contribution in [0.4, 0.5) is 10.5 Å². The highest BCUT2D eigenvalue weighted by Crippen LogP contribution is 2.58. The second kappa shape index (κ2) is 35.4. The first-order valence-electron chi connectivity index (χ1n) is 39.4. The lowest BCUT2D eigenvalue weighted by atomic mass is 9.51. The number of benzene rings is 6. The van der Waals surface area contributed by atoms with Crippen molar-refractivity contribution in [2.45, 2.75) is 197 Å². The molecule has 115 heavy (non-hydrogen) atoms. The molecule has 0 aromatic heterocycles. The summed E-state index contributed by atoms with van der Waals surface area (Å²) < 4.78 is 25.8. The van der Waals surface area contributed by atoms with Crippen LogP contribution < -0.4 is 51.8 Å². The number of urea groups is 1. The molecule has 5 fully saturated rings. The Kier molecular flexibility index (Phi) is 25.6. The van der Waals surface area contributed by atoms with E-state index in [0.717, 1.165) is 93.7 Å². The van der Waals surface area contributed by atoms with Crippen molar-refractivity contribution in [1.82, 2.24) is 26.6 Å². The number of hydrogen-bond donors (Lipinski definition) is 15. The predicted octanol–water partition coefficient (Wildman–Crippen LogP) is 9.79. The minimum Gasteiger partial charge on any atom is -0.508 e. The molecule has 30 heteroatoms. The monoisotopic (exact) mass is 1620 g/mol. The highest BCUT2D eigenvalue weighted by molar-refractivity contribution is 6.32. The molecule has 16 rings (SSSR count). The van der Waals surface area contributed by atoms with Crippen molar-refractivity contribution in [3.05, 3.63) is 147 Å². The topological polar surface area (TPSA) is 451 Å². The number of unbranched alkanes of at least 4 members (excludes halogenated alkanes) is 2. The summed E-state index contributed by atoms with van der Waals surface area (Å²) in [5, 5.41) is 110. The number of anilines is 1. The quantitative estimate of drug-likeness (QED) is 0.0356. The molecule has 14 atom stereocenters. The molecule has 10 aliphatic rings. The fourth-order valence-corrected chi connectivity index (χ4v) is 18.4. The van der Waals surface area contributed by atoms with Crippen molar-refractivity contribution in [2.75, 3.05) is 11.9 Å². The van der Waals surface area contributed by atoms with E-state index in [9.17, 15) is 55.2 Å². The van der Waals surface area contributed by atoms with Crippen molar-refractivity contribution in [2.24, 2.45) is 53.1 Å². The van der Waals surface area contributed by atoms with Crippen LogP contribution in [0, 0.1) is 47.3 Å². The van der Waals surface area contributed by atoms with E-state index in [-0.39, 0.29) is 103 Å². The fraction of sp³-hybridized carbons (Fsp3) is 0.471. The summed E-state index contributed by atoms with van der Waals surface area (Å²) in [4.78, 5) is 138. The molecule has 0 radical (unpaired) electrons. The number of ether oxygens (including phenoxy) is 4. The number of carbonyl (C=O) groups excluding carboxylic acids is 9. The lowest BCUT2D eigenvalue weighted by Crippen LogP contribution is -2.60. The number of ketones is 3. The van der Waals surface area contributed by atoms with Crippen LogP contribution in [0.15, 0.2) is 103 Å². The Balaban J connectivity index is 0.986. The third-order valence-corrected chi connectivity index (χ3v) is 24.3. The molecule has 0 spiro atoms. The zero-order valence-electron chi connectivity index (χ0n) is 63.9. The van der Waals surface area contributed by atoms with E-state index in [2.05, 4.69) is 38.8 Å². The highest BCUT2D eigenvalue weighted by atomic mass is 35.5. The minimum absolute atomic E-state index is 0.0286. The third-order valence-electron chi connectivity index (χ3n) is 23.7. The van der Waals surface area contributed by atoms with Crippen LogP contribution in [0.5, 0.6) is 46.0 Å². The Hall–Kier alpha value is -9.75. The van der Waals surface area contributed by atoms with Crippen LogP contribution >= 0.6 is 23.2 Å². The van der Waals surface area contributed by atoms with Crippen molar-refractivity contribution in [1.29, 1.82) is 0 Å². The van der Waals surface area contributed by atoms with Gasteiger partial charge in [0.15, 0.2) is 28.8 Å². The maximum absolute atomic E-state index is 16.6. The number of halogens is 2. The summed E-state index contributed by atoms with van der Waals surface area (Å²) in [6.07, 6.45) is -7.40. The van der Waals surface area contributed by atoms with Gasteiger partial charge < -0.3 is 92.1 Å². The van der Waals surface area contributed by atoms with Gasteiger partial charge >= 0.3 is 6.03 Å². The highest BCUT2D eigenvalue weighted by Gasteiger charge is 2.51. The molecule has 6 aromatic rings. The molecule has 1 saturated heterocycles. The first-order chi connectivity index (χ1) is 54.9. The average Bonchev–Trinajstić information content (AvgIpc) is 0.760. The number of amides is 7. The molecule has 0 unspecified atom stereocenters. The average molecular weight is 1620 g/mol. The summed E-state index contributed by atoms with van der Waals surface area (Å²) in [6.45, 7) is 7.17. The number of phenolic OH excluding ortho intramolecular Hbond substituents is 3. The molecule has 612 valence electrons. The minimum atomic E-state index is -2.20. The number of phenols is 3. The van der Waals surface area contributed by atoms with E-state index in [1.54, 1.807) is 19.1 Å². The molecular formula is C85H97Cl2N7O21. The Morgan fingerprint density at radius 2 is 1.29 bits per heavy atom. The van der Waals surface area contributed by atoms with Crippen molar-refractivity contribution >= 4 is 81.8 Å². The van der Waals surface area contributed by atoms with Gasteiger partial charge in [0.1, 0.15) is 89.5 Å². The number of Topliss-reactive ketones (excluding diaryl/α,β-unsaturated/α-hetero) is 3. The number of rotatable bonds is 18. The normalized spacial score (nSPS) is 28.1. The first-order valence-corrected chi connectivity index (χ1v) is 40.1. The predicted molar refractivity (Wildman–Crippen MR) is 419 cm³/mol. The number of nitrogens with one attached hydrogen (secondary N) is 6. The van der Waals surface area contributed by atoms with E-state index in [1.807, 2.05) is 26.0 Å². The number of fused-ring (bicyclic) bond motifs is 15. The molecule has 6 aromatic carbocycles. The summed E-state index contributed by atoms with van der Waals surface area (Å²) in [6, 6.07) is 13.2. The smallest absolute Gasteiger partial charge is 0.325 e. The van der Waals surface area contributed by atoms with Crippen LogP contribution in [0.25, 0.3) is 11.1 Å². The number of aliphatic hydroxyl groups is 5. The summed E-state index contributed by atoms with van der Waals surface area (Å²) >= 11 is 14.3. The SMILES string of the molecule is CCCCCc1ccc(NC(=O)NC(=O)C[C@@H]2CC(=O)[C@H](NC(=O)[C@H](CC)CC(C)C)[C@H](O)c3ccc(c(Cl)c3)Oc3cc4cc(c3O[C@@H]3O[C@H](CN)[C@@H](O)[C@H](O)[C@H]3O)Oc3ccc(cc3Cl)[C@@H](O)[C@@H]3NC(=O)[C@H](CC(=O)[C@@H]4NC2=O)c2ccc(O)c(c2)-c2c(O)cc(O)cc2[C@@H](C(=O)CC2C4CC5CC(C4)CC2C5)NC3=O)cc1. The van der Waals surface area contributed by atoms with Gasteiger partial charge in [-0.3, -0.25) is 43.7 Å². The van der Waals surface area contributed by atoms with Crippen molar-refractivity contribution in [3.8, 4) is 57.1 Å². The molecule has 6 aliphatic heterocycles. The van der Waals surface area contributed by atoms with E-state index in [0.29, 0.717) is 18.3 Å². The van der Waals surface area contributed by atoms with Crippen LogP contribution in [0.1, 0.15) is 181 Å². The van der Waals surface area contributed by atoms with Gasteiger partial charge in [-0.15, -0.1) is 0 Å². The van der Waals surface area contributed by atoms with Gasteiger partial charge in [-0.25, -0.2) is 4.79 Å². The maximum atomic E-state index is 16.6. The molecule has 4 saturated carbocycles. The van der Waals surface area contributed by atoms with Gasteiger partial charge in [0.25, 0.3) is 0 Å². The number of aromatic hydroxyl groups is 3. The standard InChI is InChI=1S/C85H97Cl2N7O21/c1-5-7-8-9-39-10-15-50(16-11-39)89-85(111)90-68(101)32-49-29-60(98)72(93-80(107)42(6-2)20-38(3)4)74(102)44-13-18-63(56(86)27-44)112-65-30-48-31-66(79(65)115-84-78(106)77(105)76(104)67(37-88)114-84)113-64-19-14-45(28-57(64)87)75(103)73-83(110)92-71(62(100)35-52-46-22-40-21-41(24-46)25-47(52)23-40)55-33-51(95)34-59(97)69(55)54-26-43(12-17-58(54)96)53(82(109)94-73)36-61(99)70(48)91-81(49)108/h10-19,26-28,30-31,33-34,38,40-42,46-47,49,52-53,67,70-78,84,95-97,102-106H,5-9,20-25,29,32,35-37,88H2,1-4H3,(H,91,108)(H,92,110)(H,93,107)(H,94,109)(H2,89,90,101,111)/t40?,41?,42-,46?,47?,49+,52?,53-,67-,70-,71+,72+,73+,74-,75-,76-,77+,78-,84+/m1/s1. The zero-order chi connectivity index (χ0) is 82.1. The van der Waals surface area contributed by atoms with Crippen LogP contribution in [0.2, 0.25) is 10.0 Å². The number of aliphatic hydroxyl groups excluding tert-OH is 5. The number of nitrogens with two attached hydrogens (primary N) is 1. The molecule has 6 heterocycles. The summed E-state index contributed by atoms with van der Waals surface area (Å²) in [5.74, 6) is -15.6. The second-order valence-corrected chi connectivity index (χ2v) is 33.0. The van der Waals surface area contributed by atoms with Gasteiger partial charge in [0, 0.05) is 61.0 Å². The summed E-state index contributed by atoms with van der Waals surface area (Å²) in [7, 11) is 0. The van der Waals surface area contributed by atoms with Crippen molar-refractivity contribution < 1.29 is 103 Å². The lowest BCUT2D eigenvalue weighted by molar-refractivity contribution is -0.270. The molecule has 28 nitrogen and oxygen atoms in total. The van der Waals surface area contributed by atoms with E-state index < -0.39 is 198 Å². The molecule has 15 bridgehead atoms.